The van der Waals surface area contributed by atoms with Crippen molar-refractivity contribution in [2.75, 3.05) is 20.2 Å². The Balaban J connectivity index is 2.03. The summed E-state index contributed by atoms with van der Waals surface area (Å²) in [7, 11) is -3.22. The molecular formula is C23H25Cl2N3O7S. The molecule has 1 saturated heterocycles. The number of carboxylic acid groups (broad SMARTS) is 1. The Hall–Kier alpha value is -2.86. The average molecular weight is 558 g/mol. The first kappa shape index (κ1) is 27.7. The molecule has 13 heteroatoms. The molecule has 0 radical (unpaired) electrons. The van der Waals surface area contributed by atoms with E-state index < -0.39 is 46.6 Å². The van der Waals surface area contributed by atoms with Gasteiger partial charge >= 0.3 is 12.1 Å². The summed E-state index contributed by atoms with van der Waals surface area (Å²) in [6.07, 6.45) is -2.77. The molecule has 1 heterocycles. The van der Waals surface area contributed by atoms with Gasteiger partial charge < -0.3 is 15.2 Å². The summed E-state index contributed by atoms with van der Waals surface area (Å²) in [6, 6.07) is 9.64. The van der Waals surface area contributed by atoms with Crippen LogP contribution in [0, 0.1) is 6.92 Å². The molecule has 194 valence electrons. The lowest BCUT2D eigenvalue weighted by atomic mass is 10.0. The SMILES string of the molecule is COC(=O)N1CCCN(S(=O)(=O)c2ccc(Cl)c(Cl)c2)C1C(=O)NC(CC(=O)O)c1cccc(C)c1. The summed E-state index contributed by atoms with van der Waals surface area (Å²) >= 11 is 11.9. The number of halogens is 2. The van der Waals surface area contributed by atoms with Gasteiger partial charge in [0.05, 0.1) is 34.5 Å². The second kappa shape index (κ2) is 11.5. The molecule has 0 aliphatic carbocycles. The summed E-state index contributed by atoms with van der Waals surface area (Å²) in [6.45, 7) is 1.78. The molecular weight excluding hydrogens is 533 g/mol. The number of aliphatic carboxylic acids is 1. The van der Waals surface area contributed by atoms with Crippen molar-refractivity contribution < 1.29 is 32.6 Å². The quantitative estimate of drug-likeness (QED) is 0.532. The van der Waals surface area contributed by atoms with Gasteiger partial charge in [-0.3, -0.25) is 14.5 Å². The third-order valence-electron chi connectivity index (χ3n) is 5.63. The van der Waals surface area contributed by atoms with Crippen molar-refractivity contribution >= 4 is 51.2 Å². The Labute approximate surface area is 218 Å². The van der Waals surface area contributed by atoms with Gasteiger partial charge in [-0.25, -0.2) is 13.2 Å². The van der Waals surface area contributed by atoms with Gasteiger partial charge in [-0.1, -0.05) is 53.0 Å². The first-order chi connectivity index (χ1) is 16.9. The number of amides is 2. The Morgan fingerprint density at radius 2 is 1.86 bits per heavy atom. The van der Waals surface area contributed by atoms with Crippen LogP contribution in [0.1, 0.15) is 30.0 Å². The van der Waals surface area contributed by atoms with E-state index in [1.807, 2.05) is 13.0 Å². The van der Waals surface area contributed by atoms with Gasteiger partial charge in [0, 0.05) is 13.1 Å². The fraction of sp³-hybridized carbons (Fsp3) is 0.348. The first-order valence-electron chi connectivity index (χ1n) is 10.9. The molecule has 0 aromatic heterocycles. The van der Waals surface area contributed by atoms with Crippen LogP contribution in [0.25, 0.3) is 0 Å². The van der Waals surface area contributed by atoms with E-state index in [0.29, 0.717) is 5.56 Å². The molecule has 2 amide bonds. The van der Waals surface area contributed by atoms with Crippen LogP contribution in [0.2, 0.25) is 10.0 Å². The van der Waals surface area contributed by atoms with Gasteiger partial charge in [0.2, 0.25) is 10.0 Å². The van der Waals surface area contributed by atoms with Crippen molar-refractivity contribution in [1.29, 1.82) is 0 Å². The van der Waals surface area contributed by atoms with Gasteiger partial charge in [0.25, 0.3) is 5.91 Å². The van der Waals surface area contributed by atoms with Crippen molar-refractivity contribution in [1.82, 2.24) is 14.5 Å². The molecule has 3 rings (SSSR count). The number of benzene rings is 2. The zero-order valence-corrected chi connectivity index (χ0v) is 21.8. The van der Waals surface area contributed by atoms with Gasteiger partial charge in [-0.15, -0.1) is 0 Å². The number of nitrogens with zero attached hydrogens (tertiary/aromatic N) is 2. The Morgan fingerprint density at radius 3 is 2.47 bits per heavy atom. The van der Waals surface area contributed by atoms with Crippen molar-refractivity contribution in [2.45, 2.75) is 36.9 Å². The van der Waals surface area contributed by atoms with Crippen LogP contribution in [-0.4, -0.2) is 67.1 Å². The topological polar surface area (TPSA) is 133 Å². The van der Waals surface area contributed by atoms with Crippen LogP contribution in [-0.2, 0) is 24.3 Å². The summed E-state index contributed by atoms with van der Waals surface area (Å²) in [4.78, 5) is 38.4. The van der Waals surface area contributed by atoms with E-state index >= 15 is 0 Å². The lowest BCUT2D eigenvalue weighted by molar-refractivity contribution is -0.138. The second-order valence-corrected chi connectivity index (χ2v) is 10.9. The lowest BCUT2D eigenvalue weighted by Gasteiger charge is -2.41. The number of carbonyl (C=O) groups excluding carboxylic acids is 2. The van der Waals surface area contributed by atoms with Gasteiger partial charge in [-0.05, 0) is 37.1 Å². The molecule has 10 nitrogen and oxygen atoms in total. The molecule has 2 aromatic rings. The minimum atomic E-state index is -4.34. The van der Waals surface area contributed by atoms with Crippen LogP contribution in [0.15, 0.2) is 47.4 Å². The Bertz CT molecular complexity index is 1270. The largest absolute Gasteiger partial charge is 0.481 e. The maximum atomic E-state index is 13.6. The number of ether oxygens (including phenoxy) is 1. The predicted molar refractivity (Wildman–Crippen MR) is 132 cm³/mol. The third-order valence-corrected chi connectivity index (χ3v) is 8.21. The summed E-state index contributed by atoms with van der Waals surface area (Å²) in [5, 5.41) is 12.2. The first-order valence-corrected chi connectivity index (χ1v) is 13.1. The van der Waals surface area contributed by atoms with E-state index in [4.69, 9.17) is 27.9 Å². The van der Waals surface area contributed by atoms with Crippen LogP contribution in [0.4, 0.5) is 4.79 Å². The van der Waals surface area contributed by atoms with Crippen molar-refractivity contribution in [3.05, 3.63) is 63.6 Å². The van der Waals surface area contributed by atoms with E-state index in [2.05, 4.69) is 5.32 Å². The number of carbonyl (C=O) groups is 3. The third kappa shape index (κ3) is 6.09. The van der Waals surface area contributed by atoms with E-state index in [-0.39, 0.29) is 34.5 Å². The maximum Gasteiger partial charge on any atom is 0.411 e. The number of hydrogen-bond acceptors (Lipinski definition) is 6. The maximum absolute atomic E-state index is 13.6. The van der Waals surface area contributed by atoms with Gasteiger partial charge in [0.15, 0.2) is 6.17 Å². The highest BCUT2D eigenvalue weighted by molar-refractivity contribution is 7.89. The predicted octanol–water partition coefficient (Wildman–Crippen LogP) is 3.42. The van der Waals surface area contributed by atoms with E-state index in [1.54, 1.807) is 18.2 Å². The Morgan fingerprint density at radius 1 is 1.14 bits per heavy atom. The van der Waals surface area contributed by atoms with Crippen LogP contribution in [0.5, 0.6) is 0 Å². The number of aryl methyl sites for hydroxylation is 1. The molecule has 2 atom stereocenters. The molecule has 1 fully saturated rings. The number of carboxylic acids is 1. The van der Waals surface area contributed by atoms with Crippen molar-refractivity contribution in [3.8, 4) is 0 Å². The van der Waals surface area contributed by atoms with Crippen molar-refractivity contribution in [2.24, 2.45) is 0 Å². The number of rotatable bonds is 7. The van der Waals surface area contributed by atoms with E-state index in [1.165, 1.54) is 12.1 Å². The highest BCUT2D eigenvalue weighted by atomic mass is 35.5. The molecule has 2 N–H and O–H groups in total. The fourth-order valence-electron chi connectivity index (χ4n) is 3.96. The monoisotopic (exact) mass is 557 g/mol. The molecule has 1 aliphatic rings. The Kier molecular flexibility index (Phi) is 8.83. The van der Waals surface area contributed by atoms with Gasteiger partial charge in [-0.2, -0.15) is 4.31 Å². The summed E-state index contributed by atoms with van der Waals surface area (Å²) in [5.41, 5.74) is 1.36. The molecule has 36 heavy (non-hydrogen) atoms. The van der Waals surface area contributed by atoms with Crippen LogP contribution < -0.4 is 5.32 Å². The number of hydrogen-bond donors (Lipinski definition) is 2. The van der Waals surface area contributed by atoms with Crippen molar-refractivity contribution in [3.63, 3.8) is 0 Å². The standard InChI is InChI=1S/C23H25Cl2N3O7S/c1-14-5-3-6-15(11-14)19(13-20(29)30)26-21(31)22-27(23(32)35-2)9-4-10-28(22)36(33,34)16-7-8-17(24)18(25)12-16/h3,5-8,11-12,19,22H,4,9-10,13H2,1-2H3,(H,26,31)(H,29,30). The molecule has 0 bridgehead atoms. The molecule has 2 unspecified atom stereocenters. The number of nitrogens with one attached hydrogen (secondary N) is 1. The normalized spacial score (nSPS) is 17.3. The second-order valence-electron chi connectivity index (χ2n) is 8.16. The fourth-order valence-corrected chi connectivity index (χ4v) is 5.94. The number of methoxy groups -OCH3 is 1. The van der Waals surface area contributed by atoms with Crippen LogP contribution in [0.3, 0.4) is 0 Å². The molecule has 0 spiro atoms. The van der Waals surface area contributed by atoms with E-state index in [9.17, 15) is 27.9 Å². The highest BCUT2D eigenvalue weighted by Gasteiger charge is 2.45. The zero-order valence-electron chi connectivity index (χ0n) is 19.5. The van der Waals surface area contributed by atoms with E-state index in [0.717, 1.165) is 27.9 Å². The molecule has 2 aromatic carbocycles. The number of sulfonamides is 1. The highest BCUT2D eigenvalue weighted by Crippen LogP contribution is 2.30. The minimum Gasteiger partial charge on any atom is -0.481 e. The molecule has 1 aliphatic heterocycles. The summed E-state index contributed by atoms with van der Waals surface area (Å²) in [5.74, 6) is -2.05. The summed E-state index contributed by atoms with van der Waals surface area (Å²) < 4.78 is 32.8. The van der Waals surface area contributed by atoms with Crippen LogP contribution >= 0.6 is 23.2 Å². The zero-order chi connectivity index (χ0) is 26.6. The lowest BCUT2D eigenvalue weighted by Crippen LogP contribution is -2.63. The average Bonchev–Trinajstić information content (AvgIpc) is 2.83. The smallest absolute Gasteiger partial charge is 0.411 e. The van der Waals surface area contributed by atoms with Gasteiger partial charge in [0.1, 0.15) is 0 Å². The molecule has 0 saturated carbocycles. The minimum absolute atomic E-state index is 0.00143.